The van der Waals surface area contributed by atoms with Crippen LogP contribution in [0, 0.1) is 0 Å². The molecule has 0 bridgehead atoms. The normalized spacial score (nSPS) is 25.7. The molecule has 0 aromatic heterocycles. The van der Waals surface area contributed by atoms with Gasteiger partial charge in [0.05, 0.1) is 18.8 Å². The second-order valence-electron chi connectivity index (χ2n) is 5.09. The van der Waals surface area contributed by atoms with Gasteiger partial charge in [0.15, 0.2) is 0 Å². The zero-order chi connectivity index (χ0) is 14.5. The number of hydrogen-bond acceptors (Lipinski definition) is 4. The van der Waals surface area contributed by atoms with Gasteiger partial charge in [0.25, 0.3) is 0 Å². The fourth-order valence-corrected chi connectivity index (χ4v) is 2.19. The van der Waals surface area contributed by atoms with E-state index in [0.29, 0.717) is 6.61 Å². The number of nitrogens with one attached hydrogen (secondary N) is 2. The van der Waals surface area contributed by atoms with Crippen molar-refractivity contribution in [2.45, 2.75) is 18.2 Å². The lowest BCUT2D eigenvalue weighted by Gasteiger charge is -2.22. The van der Waals surface area contributed by atoms with E-state index in [1.807, 2.05) is 49.3 Å². The molecule has 1 aliphatic rings. The van der Waals surface area contributed by atoms with Crippen molar-refractivity contribution in [3.8, 4) is 0 Å². The van der Waals surface area contributed by atoms with E-state index in [-0.39, 0.29) is 24.7 Å². The largest absolute Gasteiger partial charge is 0.389 e. The lowest BCUT2D eigenvalue weighted by Crippen LogP contribution is -2.44. The van der Waals surface area contributed by atoms with Gasteiger partial charge in [-0.2, -0.15) is 0 Å². The number of likely N-dealkylation sites (N-methyl/N-ethyl adjacent to an activating group) is 1. The molecule has 0 unspecified atom stereocenters. The number of rotatable bonds is 4. The third-order valence-corrected chi connectivity index (χ3v) is 3.41. The highest BCUT2D eigenvalue weighted by Gasteiger charge is 2.37. The average Bonchev–Trinajstić information content (AvgIpc) is 2.79. The van der Waals surface area contributed by atoms with E-state index in [0.717, 1.165) is 5.69 Å². The molecule has 110 valence electrons. The van der Waals surface area contributed by atoms with Crippen LogP contribution in [0.4, 0.5) is 10.5 Å². The molecule has 3 atom stereocenters. The van der Waals surface area contributed by atoms with Crippen molar-refractivity contribution in [3.05, 3.63) is 30.3 Å². The topological polar surface area (TPSA) is 73.8 Å². The van der Waals surface area contributed by atoms with Crippen LogP contribution >= 0.6 is 0 Å². The van der Waals surface area contributed by atoms with Crippen molar-refractivity contribution in [3.63, 3.8) is 0 Å². The summed E-state index contributed by atoms with van der Waals surface area (Å²) in [5.74, 6) is 0. The number of urea groups is 1. The van der Waals surface area contributed by atoms with Crippen molar-refractivity contribution < 1.29 is 14.6 Å². The van der Waals surface area contributed by atoms with Crippen molar-refractivity contribution in [1.29, 1.82) is 0 Å². The number of aliphatic hydroxyl groups is 1. The number of amides is 2. The molecule has 0 spiro atoms. The second kappa shape index (κ2) is 6.69. The summed E-state index contributed by atoms with van der Waals surface area (Å²) in [6.07, 6.45) is -0.967. The molecule has 3 N–H and O–H groups in total. The van der Waals surface area contributed by atoms with Crippen molar-refractivity contribution in [1.82, 2.24) is 10.2 Å². The molecule has 0 aliphatic carbocycles. The van der Waals surface area contributed by atoms with E-state index >= 15 is 0 Å². The van der Waals surface area contributed by atoms with Crippen molar-refractivity contribution in [2.75, 3.05) is 32.6 Å². The molecule has 2 rings (SSSR count). The predicted molar refractivity (Wildman–Crippen MR) is 76.7 cm³/mol. The van der Waals surface area contributed by atoms with Gasteiger partial charge in [-0.25, -0.2) is 4.79 Å². The summed E-state index contributed by atoms with van der Waals surface area (Å²) in [6.45, 7) is 0.755. The van der Waals surface area contributed by atoms with E-state index in [1.54, 1.807) is 0 Å². The van der Waals surface area contributed by atoms with Crippen molar-refractivity contribution >= 4 is 11.7 Å². The second-order valence-corrected chi connectivity index (χ2v) is 5.09. The highest BCUT2D eigenvalue weighted by molar-refractivity contribution is 5.89. The SMILES string of the molecule is CN(C)[C@@H]1CO[C@H](CNC(=O)Nc2ccccc2)[C@H]1O. The van der Waals surface area contributed by atoms with Crippen LogP contribution in [0.3, 0.4) is 0 Å². The number of nitrogens with zero attached hydrogens (tertiary/aromatic N) is 1. The van der Waals surface area contributed by atoms with Gasteiger partial charge < -0.3 is 25.4 Å². The van der Waals surface area contributed by atoms with Gasteiger partial charge in [-0.1, -0.05) is 18.2 Å². The maximum Gasteiger partial charge on any atom is 0.319 e. The zero-order valence-electron chi connectivity index (χ0n) is 11.7. The first kappa shape index (κ1) is 14.8. The van der Waals surface area contributed by atoms with Crippen LogP contribution in [0.2, 0.25) is 0 Å². The third-order valence-electron chi connectivity index (χ3n) is 3.41. The lowest BCUT2D eigenvalue weighted by molar-refractivity contribution is 0.0387. The fraction of sp³-hybridized carbons (Fsp3) is 0.500. The smallest absolute Gasteiger partial charge is 0.319 e. The van der Waals surface area contributed by atoms with Crippen LogP contribution in [0.25, 0.3) is 0 Å². The molecular weight excluding hydrogens is 258 g/mol. The minimum absolute atomic E-state index is 0.0287. The van der Waals surface area contributed by atoms with E-state index in [1.165, 1.54) is 0 Å². The van der Waals surface area contributed by atoms with E-state index in [2.05, 4.69) is 10.6 Å². The Hall–Kier alpha value is -1.63. The standard InChI is InChI=1S/C14H21N3O3/c1-17(2)11-9-20-12(13(11)18)8-15-14(19)16-10-6-4-3-5-7-10/h3-7,11-13,18H,8-9H2,1-2H3,(H2,15,16,19)/t11-,12-,13+/m1/s1. The Labute approximate surface area is 118 Å². The molecule has 1 aromatic carbocycles. The number of hydrogen-bond donors (Lipinski definition) is 3. The number of para-hydroxylation sites is 1. The summed E-state index contributed by atoms with van der Waals surface area (Å²) in [5.41, 5.74) is 0.726. The lowest BCUT2D eigenvalue weighted by atomic mass is 10.1. The molecule has 1 saturated heterocycles. The minimum atomic E-state index is -0.595. The highest BCUT2D eigenvalue weighted by Crippen LogP contribution is 2.17. The van der Waals surface area contributed by atoms with Gasteiger partial charge in [-0.15, -0.1) is 0 Å². The Morgan fingerprint density at radius 2 is 2.10 bits per heavy atom. The Bertz CT molecular complexity index is 439. The van der Waals surface area contributed by atoms with E-state index in [9.17, 15) is 9.90 Å². The monoisotopic (exact) mass is 279 g/mol. The maximum absolute atomic E-state index is 11.7. The summed E-state index contributed by atoms with van der Waals surface area (Å²) in [6, 6.07) is 8.86. The van der Waals surface area contributed by atoms with Gasteiger partial charge in [0.1, 0.15) is 6.10 Å². The van der Waals surface area contributed by atoms with Crippen LogP contribution in [-0.4, -0.2) is 61.5 Å². The number of carbonyl (C=O) groups is 1. The number of aliphatic hydroxyl groups excluding tert-OH is 1. The molecule has 1 heterocycles. The molecule has 6 nitrogen and oxygen atoms in total. The zero-order valence-corrected chi connectivity index (χ0v) is 11.7. The first-order valence-electron chi connectivity index (χ1n) is 6.64. The van der Waals surface area contributed by atoms with Crippen LogP contribution in [-0.2, 0) is 4.74 Å². The Balaban J connectivity index is 1.77. The summed E-state index contributed by atoms with van der Waals surface area (Å²) in [7, 11) is 3.80. The summed E-state index contributed by atoms with van der Waals surface area (Å²) >= 11 is 0. The first-order valence-corrected chi connectivity index (χ1v) is 6.64. The molecule has 0 saturated carbocycles. The van der Waals surface area contributed by atoms with Crippen LogP contribution < -0.4 is 10.6 Å². The molecule has 6 heteroatoms. The van der Waals surface area contributed by atoms with E-state index in [4.69, 9.17) is 4.74 Å². The third kappa shape index (κ3) is 3.69. The van der Waals surface area contributed by atoms with Crippen molar-refractivity contribution in [2.24, 2.45) is 0 Å². The number of ether oxygens (including phenoxy) is 1. The Morgan fingerprint density at radius 3 is 2.70 bits per heavy atom. The van der Waals surface area contributed by atoms with Crippen LogP contribution in [0.15, 0.2) is 30.3 Å². The Morgan fingerprint density at radius 1 is 1.40 bits per heavy atom. The average molecular weight is 279 g/mol. The number of anilines is 1. The fourth-order valence-electron chi connectivity index (χ4n) is 2.19. The molecule has 1 aliphatic heterocycles. The van der Waals surface area contributed by atoms with Gasteiger partial charge in [0.2, 0.25) is 0 Å². The molecular formula is C14H21N3O3. The highest BCUT2D eigenvalue weighted by atomic mass is 16.5. The minimum Gasteiger partial charge on any atom is -0.389 e. The maximum atomic E-state index is 11.7. The van der Waals surface area contributed by atoms with Gasteiger partial charge in [0, 0.05) is 12.2 Å². The summed E-state index contributed by atoms with van der Waals surface area (Å²) in [5, 5.41) is 15.5. The van der Waals surface area contributed by atoms with Gasteiger partial charge in [-0.05, 0) is 26.2 Å². The molecule has 20 heavy (non-hydrogen) atoms. The quantitative estimate of drug-likeness (QED) is 0.750. The summed E-state index contributed by atoms with van der Waals surface area (Å²) < 4.78 is 5.51. The number of carbonyl (C=O) groups excluding carboxylic acids is 1. The molecule has 2 amide bonds. The van der Waals surface area contributed by atoms with Crippen LogP contribution in [0.5, 0.6) is 0 Å². The van der Waals surface area contributed by atoms with E-state index < -0.39 is 6.10 Å². The molecule has 1 aromatic rings. The van der Waals surface area contributed by atoms with Crippen LogP contribution in [0.1, 0.15) is 0 Å². The predicted octanol–water partition coefficient (Wildman–Crippen LogP) is 0.498. The molecule has 0 radical (unpaired) electrons. The number of benzene rings is 1. The first-order chi connectivity index (χ1) is 9.58. The van der Waals surface area contributed by atoms with Gasteiger partial charge in [-0.3, -0.25) is 0 Å². The summed E-state index contributed by atoms with van der Waals surface area (Å²) in [4.78, 5) is 13.6. The Kier molecular flexibility index (Phi) is 4.94. The van der Waals surface area contributed by atoms with Gasteiger partial charge >= 0.3 is 6.03 Å². The molecule has 1 fully saturated rings.